The van der Waals surface area contributed by atoms with E-state index in [1.807, 2.05) is 73.7 Å². The fraction of sp³-hybridized carbons (Fsp3) is 0.296. The molecule has 0 radical (unpaired) electrons. The molecule has 166 valence electrons. The SMILES string of the molecule is CCOc1cc(C(c2ccccc2)N2CCCC2C(=O)O)ccc1OCc1ccccc1. The molecule has 2 atom stereocenters. The Balaban J connectivity index is 1.67. The number of carbonyl (C=O) groups is 1. The zero-order valence-corrected chi connectivity index (χ0v) is 18.3. The van der Waals surface area contributed by atoms with Gasteiger partial charge in [0, 0.05) is 6.54 Å². The third-order valence-electron chi connectivity index (χ3n) is 5.85. The topological polar surface area (TPSA) is 59.0 Å². The lowest BCUT2D eigenvalue weighted by atomic mass is 9.96. The highest BCUT2D eigenvalue weighted by molar-refractivity contribution is 5.74. The van der Waals surface area contributed by atoms with E-state index in [9.17, 15) is 9.90 Å². The van der Waals surface area contributed by atoms with Gasteiger partial charge in [0.25, 0.3) is 0 Å². The van der Waals surface area contributed by atoms with E-state index in [0.29, 0.717) is 31.1 Å². The highest BCUT2D eigenvalue weighted by Crippen LogP contribution is 2.39. The van der Waals surface area contributed by atoms with Crippen LogP contribution < -0.4 is 9.47 Å². The maximum Gasteiger partial charge on any atom is 0.320 e. The molecule has 1 aliphatic rings. The summed E-state index contributed by atoms with van der Waals surface area (Å²) in [5, 5.41) is 9.80. The largest absolute Gasteiger partial charge is 0.490 e. The van der Waals surface area contributed by atoms with Gasteiger partial charge in [-0.25, -0.2) is 0 Å². The monoisotopic (exact) mass is 431 g/mol. The van der Waals surface area contributed by atoms with Gasteiger partial charge in [0.1, 0.15) is 12.6 Å². The molecule has 0 bridgehead atoms. The van der Waals surface area contributed by atoms with Gasteiger partial charge in [-0.2, -0.15) is 0 Å². The average molecular weight is 432 g/mol. The molecule has 1 fully saturated rings. The number of nitrogens with zero attached hydrogens (tertiary/aromatic N) is 1. The van der Waals surface area contributed by atoms with Gasteiger partial charge >= 0.3 is 5.97 Å². The first-order valence-corrected chi connectivity index (χ1v) is 11.1. The van der Waals surface area contributed by atoms with Crippen molar-refractivity contribution in [3.63, 3.8) is 0 Å². The second-order valence-electron chi connectivity index (χ2n) is 7.96. The predicted octanol–water partition coefficient (Wildman–Crippen LogP) is 5.30. The van der Waals surface area contributed by atoms with Gasteiger partial charge in [-0.1, -0.05) is 66.7 Å². The molecule has 3 aromatic carbocycles. The Labute approximate surface area is 189 Å². The standard InChI is InChI=1S/C27H29NO4/c1-2-31-25-18-22(15-16-24(25)32-19-20-10-5-3-6-11-20)26(21-12-7-4-8-13-21)28-17-9-14-23(28)27(29)30/h3-8,10-13,15-16,18,23,26H,2,9,14,17,19H2,1H3,(H,29,30). The summed E-state index contributed by atoms with van der Waals surface area (Å²) in [7, 11) is 0. The Morgan fingerprint density at radius 2 is 1.69 bits per heavy atom. The molecule has 0 aliphatic carbocycles. The molecule has 5 nitrogen and oxygen atoms in total. The van der Waals surface area contributed by atoms with Crippen molar-refractivity contribution in [3.8, 4) is 11.5 Å². The molecule has 0 amide bonds. The van der Waals surface area contributed by atoms with E-state index in [2.05, 4.69) is 17.0 Å². The number of benzene rings is 3. The van der Waals surface area contributed by atoms with Gasteiger partial charge in [0.05, 0.1) is 12.6 Å². The minimum absolute atomic E-state index is 0.165. The number of rotatable bonds is 9. The summed E-state index contributed by atoms with van der Waals surface area (Å²) in [6.45, 7) is 3.66. The minimum atomic E-state index is -0.767. The van der Waals surface area contributed by atoms with Crippen LogP contribution >= 0.6 is 0 Å². The van der Waals surface area contributed by atoms with Gasteiger partial charge in [0.2, 0.25) is 0 Å². The molecule has 3 aromatic rings. The van der Waals surface area contributed by atoms with E-state index >= 15 is 0 Å². The number of ether oxygens (including phenoxy) is 2. The molecule has 1 aliphatic heterocycles. The van der Waals surface area contributed by atoms with Crippen LogP contribution in [0, 0.1) is 0 Å². The van der Waals surface area contributed by atoms with Crippen molar-refractivity contribution in [2.24, 2.45) is 0 Å². The minimum Gasteiger partial charge on any atom is -0.490 e. The van der Waals surface area contributed by atoms with Crippen molar-refractivity contribution in [2.45, 2.75) is 38.5 Å². The van der Waals surface area contributed by atoms with Crippen molar-refractivity contribution < 1.29 is 19.4 Å². The van der Waals surface area contributed by atoms with Gasteiger partial charge in [-0.05, 0) is 48.6 Å². The maximum atomic E-state index is 11.9. The molecular formula is C27H29NO4. The molecule has 0 aromatic heterocycles. The highest BCUT2D eigenvalue weighted by atomic mass is 16.5. The van der Waals surface area contributed by atoms with Crippen molar-refractivity contribution in [1.82, 2.24) is 4.90 Å². The van der Waals surface area contributed by atoms with Gasteiger partial charge < -0.3 is 14.6 Å². The van der Waals surface area contributed by atoms with Crippen LogP contribution in [0.2, 0.25) is 0 Å². The molecule has 32 heavy (non-hydrogen) atoms. The number of carboxylic acid groups (broad SMARTS) is 1. The summed E-state index contributed by atoms with van der Waals surface area (Å²) >= 11 is 0. The summed E-state index contributed by atoms with van der Waals surface area (Å²) < 4.78 is 12.0. The molecule has 1 saturated heterocycles. The van der Waals surface area contributed by atoms with Crippen LogP contribution in [0.15, 0.2) is 78.9 Å². The number of aliphatic carboxylic acids is 1. The molecule has 2 unspecified atom stereocenters. The van der Waals surface area contributed by atoms with Crippen molar-refractivity contribution in [2.75, 3.05) is 13.2 Å². The Kier molecular flexibility index (Phi) is 7.07. The van der Waals surface area contributed by atoms with Gasteiger partial charge in [-0.3, -0.25) is 9.69 Å². The zero-order chi connectivity index (χ0) is 22.3. The summed E-state index contributed by atoms with van der Waals surface area (Å²) in [5.41, 5.74) is 3.16. The molecule has 1 N–H and O–H groups in total. The molecule has 0 spiro atoms. The van der Waals surface area contributed by atoms with E-state index in [1.54, 1.807) is 0 Å². The molecule has 5 heteroatoms. The van der Waals surface area contributed by atoms with Crippen LogP contribution in [0.4, 0.5) is 0 Å². The van der Waals surface area contributed by atoms with Crippen LogP contribution in [0.25, 0.3) is 0 Å². The quantitative estimate of drug-likeness (QED) is 0.498. The summed E-state index contributed by atoms with van der Waals surface area (Å²) in [6.07, 6.45) is 1.53. The number of carboxylic acids is 1. The fourth-order valence-electron chi connectivity index (χ4n) is 4.39. The summed E-state index contributed by atoms with van der Waals surface area (Å²) in [4.78, 5) is 14.0. The summed E-state index contributed by atoms with van der Waals surface area (Å²) in [5.74, 6) is 0.590. The third kappa shape index (κ3) is 4.94. The summed E-state index contributed by atoms with van der Waals surface area (Å²) in [6, 6.07) is 25.4. The van der Waals surface area contributed by atoms with Crippen LogP contribution in [-0.2, 0) is 11.4 Å². The van der Waals surface area contributed by atoms with Crippen molar-refractivity contribution >= 4 is 5.97 Å². The van der Waals surface area contributed by atoms with Gasteiger partial charge in [0.15, 0.2) is 11.5 Å². The zero-order valence-electron chi connectivity index (χ0n) is 18.3. The first kappa shape index (κ1) is 21.9. The van der Waals surface area contributed by atoms with E-state index in [4.69, 9.17) is 9.47 Å². The third-order valence-corrected chi connectivity index (χ3v) is 5.85. The second-order valence-corrected chi connectivity index (χ2v) is 7.96. The average Bonchev–Trinajstić information content (AvgIpc) is 3.30. The Morgan fingerprint density at radius 3 is 2.38 bits per heavy atom. The van der Waals surface area contributed by atoms with Gasteiger partial charge in [-0.15, -0.1) is 0 Å². The van der Waals surface area contributed by atoms with Crippen LogP contribution in [-0.4, -0.2) is 35.2 Å². The second kappa shape index (κ2) is 10.3. The lowest BCUT2D eigenvalue weighted by Gasteiger charge is -2.32. The highest BCUT2D eigenvalue weighted by Gasteiger charge is 2.37. The van der Waals surface area contributed by atoms with E-state index in [1.165, 1.54) is 0 Å². The van der Waals surface area contributed by atoms with E-state index < -0.39 is 12.0 Å². The van der Waals surface area contributed by atoms with E-state index in [0.717, 1.165) is 29.7 Å². The number of hydrogen-bond acceptors (Lipinski definition) is 4. The Bertz CT molecular complexity index is 1020. The Hall–Kier alpha value is -3.31. The number of hydrogen-bond donors (Lipinski definition) is 1. The molecule has 0 saturated carbocycles. The predicted molar refractivity (Wildman–Crippen MR) is 124 cm³/mol. The van der Waals surface area contributed by atoms with Crippen molar-refractivity contribution in [3.05, 3.63) is 95.6 Å². The molecular weight excluding hydrogens is 402 g/mol. The normalized spacial score (nSPS) is 17.1. The van der Waals surface area contributed by atoms with Crippen LogP contribution in [0.5, 0.6) is 11.5 Å². The number of likely N-dealkylation sites (tertiary alicyclic amines) is 1. The maximum absolute atomic E-state index is 11.9. The Morgan fingerprint density at radius 1 is 0.969 bits per heavy atom. The van der Waals surface area contributed by atoms with Crippen LogP contribution in [0.1, 0.15) is 42.5 Å². The fourth-order valence-corrected chi connectivity index (χ4v) is 4.39. The lowest BCUT2D eigenvalue weighted by Crippen LogP contribution is -2.39. The molecule has 1 heterocycles. The van der Waals surface area contributed by atoms with Crippen LogP contribution in [0.3, 0.4) is 0 Å². The first-order chi connectivity index (χ1) is 15.7. The van der Waals surface area contributed by atoms with Crippen molar-refractivity contribution in [1.29, 1.82) is 0 Å². The first-order valence-electron chi connectivity index (χ1n) is 11.1. The smallest absolute Gasteiger partial charge is 0.320 e. The van der Waals surface area contributed by atoms with E-state index in [-0.39, 0.29) is 6.04 Å². The molecule has 4 rings (SSSR count). The lowest BCUT2D eigenvalue weighted by molar-refractivity contribution is -0.142.